The van der Waals surface area contributed by atoms with E-state index in [1.807, 2.05) is 36.4 Å². The highest BCUT2D eigenvalue weighted by atomic mass is 79.9. The van der Waals surface area contributed by atoms with Crippen LogP contribution in [0.4, 0.5) is 0 Å². The molecule has 0 N–H and O–H groups in total. The number of rotatable bonds is 3. The van der Waals surface area contributed by atoms with E-state index < -0.39 is 6.94 Å². The molecule has 0 unspecified atom stereocenters. The number of hydrogen-bond donors (Lipinski definition) is 0. The largest absolute Gasteiger partial charge is 0.403 e. The molecule has 0 saturated carbocycles. The lowest BCUT2D eigenvalue weighted by molar-refractivity contribution is 0.435. The molecule has 0 saturated heterocycles. The van der Waals surface area contributed by atoms with Crippen molar-refractivity contribution in [1.29, 1.82) is 0 Å². The molecule has 2 rings (SSSR count). The van der Waals surface area contributed by atoms with Gasteiger partial charge in [0.2, 0.25) is 0 Å². The lowest BCUT2D eigenvalue weighted by atomic mass is 10.4. The molecule has 2 aromatic carbocycles. The Hall–Kier alpha value is -0.903. The fourth-order valence-electron chi connectivity index (χ4n) is 1.71. The molecule has 82 valence electrons. The molecule has 0 aliphatic heterocycles. The van der Waals surface area contributed by atoms with E-state index in [0.717, 1.165) is 0 Å². The van der Waals surface area contributed by atoms with Crippen molar-refractivity contribution in [2.24, 2.45) is 0 Å². The number of hydrogen-bond acceptors (Lipinski definition) is 1. The van der Waals surface area contributed by atoms with Crippen LogP contribution in [0.1, 0.15) is 0 Å². The molecule has 0 aliphatic carbocycles. The van der Waals surface area contributed by atoms with Crippen molar-refractivity contribution in [2.45, 2.75) is 0 Å². The highest BCUT2D eigenvalue weighted by Crippen LogP contribution is 2.13. The Bertz CT molecular complexity index is 405. The highest BCUT2D eigenvalue weighted by molar-refractivity contribution is 9.26. The van der Waals surface area contributed by atoms with Crippen molar-refractivity contribution in [3.05, 3.63) is 60.7 Å². The summed E-state index contributed by atoms with van der Waals surface area (Å²) in [5.74, 6) is 0. The van der Waals surface area contributed by atoms with Gasteiger partial charge in [0.1, 0.15) is 0 Å². The Kier molecular flexibility index (Phi) is 3.58. The van der Waals surface area contributed by atoms with Gasteiger partial charge in [-0.1, -0.05) is 76.0 Å². The quantitative estimate of drug-likeness (QED) is 0.623. The van der Waals surface area contributed by atoms with Crippen LogP contribution < -0.4 is 10.4 Å². The summed E-state index contributed by atoms with van der Waals surface area (Å²) in [6.45, 7) is -2.16. The molecule has 0 atom stereocenters. The summed E-state index contributed by atoms with van der Waals surface area (Å²) in [6, 6.07) is 20.6. The molecule has 0 bridgehead atoms. The smallest absolute Gasteiger partial charge is 0.328 e. The lowest BCUT2D eigenvalue weighted by Gasteiger charge is -2.23. The van der Waals surface area contributed by atoms with Crippen molar-refractivity contribution in [3.8, 4) is 0 Å². The van der Waals surface area contributed by atoms with Gasteiger partial charge < -0.3 is 4.43 Å². The molecular weight excluding hydrogens is 280 g/mol. The van der Waals surface area contributed by atoms with Gasteiger partial charge in [-0.25, -0.2) is 0 Å². The molecule has 1 nitrogen and oxygen atoms in total. The van der Waals surface area contributed by atoms with E-state index in [0.29, 0.717) is 0 Å². The topological polar surface area (TPSA) is 9.23 Å². The zero-order valence-electron chi connectivity index (χ0n) is 9.06. The van der Waals surface area contributed by atoms with E-state index >= 15 is 0 Å². The first-order valence-corrected chi connectivity index (χ1v) is 9.29. The van der Waals surface area contributed by atoms with Crippen LogP contribution in [-0.4, -0.2) is 14.0 Å². The van der Waals surface area contributed by atoms with Crippen LogP contribution in [-0.2, 0) is 4.43 Å². The molecular formula is C13H13BrOSi. The fourth-order valence-corrected chi connectivity index (χ4v) is 5.34. The summed E-state index contributed by atoms with van der Waals surface area (Å²) in [5.41, 5.74) is 0. The third-order valence-corrected chi connectivity index (χ3v) is 9.00. The molecule has 0 amide bonds. The minimum Gasteiger partial charge on any atom is -0.403 e. The number of halogens is 1. The summed E-state index contributed by atoms with van der Waals surface area (Å²) in [7, 11) is 1.76. The van der Waals surface area contributed by atoms with Gasteiger partial charge in [-0.15, -0.1) is 0 Å². The van der Waals surface area contributed by atoms with Gasteiger partial charge in [0.05, 0.1) is 0 Å². The van der Waals surface area contributed by atoms with Crippen molar-refractivity contribution in [2.75, 3.05) is 7.11 Å². The van der Waals surface area contributed by atoms with Crippen molar-refractivity contribution < 1.29 is 4.43 Å². The van der Waals surface area contributed by atoms with Gasteiger partial charge in [0.25, 0.3) is 0 Å². The van der Waals surface area contributed by atoms with Crippen LogP contribution in [0.5, 0.6) is 0 Å². The average molecular weight is 293 g/mol. The lowest BCUT2D eigenvalue weighted by Crippen LogP contribution is -2.54. The second-order valence-electron chi connectivity index (χ2n) is 3.53. The summed E-state index contributed by atoms with van der Waals surface area (Å²) < 4.78 is 5.77. The monoisotopic (exact) mass is 292 g/mol. The first-order chi connectivity index (χ1) is 7.77. The van der Waals surface area contributed by atoms with E-state index in [9.17, 15) is 0 Å². The molecule has 0 aromatic heterocycles. The van der Waals surface area contributed by atoms with Crippen LogP contribution in [0.25, 0.3) is 0 Å². The predicted octanol–water partition coefficient (Wildman–Crippen LogP) is 2.28. The summed E-state index contributed by atoms with van der Waals surface area (Å²) >= 11 is 3.82. The van der Waals surface area contributed by atoms with Crippen molar-refractivity contribution in [1.82, 2.24) is 0 Å². The average Bonchev–Trinajstić information content (AvgIpc) is 2.40. The standard InChI is InChI=1S/C13H13BrOSi/c1-15-16(14,12-8-4-2-5-9-12)13-10-6-3-7-11-13/h2-11H,1H3. The van der Waals surface area contributed by atoms with Gasteiger partial charge in [-0.2, -0.15) is 0 Å². The highest BCUT2D eigenvalue weighted by Gasteiger charge is 2.35. The Balaban J connectivity index is 2.49. The summed E-state index contributed by atoms with van der Waals surface area (Å²) in [5, 5.41) is 2.45. The Morgan fingerprint density at radius 2 is 1.19 bits per heavy atom. The molecule has 0 heterocycles. The van der Waals surface area contributed by atoms with Gasteiger partial charge >= 0.3 is 6.94 Å². The summed E-state index contributed by atoms with van der Waals surface area (Å²) in [4.78, 5) is 0. The van der Waals surface area contributed by atoms with E-state index in [4.69, 9.17) is 4.43 Å². The predicted molar refractivity (Wildman–Crippen MR) is 73.8 cm³/mol. The molecule has 0 radical (unpaired) electrons. The second kappa shape index (κ2) is 4.95. The maximum atomic E-state index is 5.77. The second-order valence-corrected chi connectivity index (χ2v) is 9.64. The molecule has 0 aliphatic rings. The third-order valence-electron chi connectivity index (χ3n) is 2.57. The van der Waals surface area contributed by atoms with E-state index in [2.05, 4.69) is 39.6 Å². The SMILES string of the molecule is CO[Si](Br)(c1ccccc1)c1ccccc1. The molecule has 3 heteroatoms. The van der Waals surface area contributed by atoms with Crippen LogP contribution in [0, 0.1) is 0 Å². The van der Waals surface area contributed by atoms with Crippen LogP contribution in [0.3, 0.4) is 0 Å². The summed E-state index contributed by atoms with van der Waals surface area (Å²) in [6.07, 6.45) is 0. The zero-order valence-corrected chi connectivity index (χ0v) is 11.6. The van der Waals surface area contributed by atoms with E-state index in [1.165, 1.54) is 10.4 Å². The Labute approximate surface area is 105 Å². The zero-order chi connectivity index (χ0) is 11.4. The Morgan fingerprint density at radius 1 is 0.812 bits per heavy atom. The van der Waals surface area contributed by atoms with Crippen molar-refractivity contribution in [3.63, 3.8) is 0 Å². The third kappa shape index (κ3) is 2.12. The van der Waals surface area contributed by atoms with Gasteiger partial charge in [-0.3, -0.25) is 0 Å². The molecule has 0 spiro atoms. The molecule has 0 fully saturated rings. The number of benzene rings is 2. The van der Waals surface area contributed by atoms with Gasteiger partial charge in [-0.05, 0) is 10.4 Å². The maximum Gasteiger partial charge on any atom is 0.328 e. The van der Waals surface area contributed by atoms with Crippen molar-refractivity contribution >= 4 is 32.6 Å². The minimum atomic E-state index is -2.16. The maximum absolute atomic E-state index is 5.77. The van der Waals surface area contributed by atoms with Gasteiger partial charge in [0.15, 0.2) is 0 Å². The normalized spacial score (nSPS) is 11.4. The van der Waals surface area contributed by atoms with Crippen LogP contribution >= 0.6 is 15.3 Å². The van der Waals surface area contributed by atoms with E-state index in [1.54, 1.807) is 7.11 Å². The Morgan fingerprint density at radius 3 is 1.50 bits per heavy atom. The van der Waals surface area contributed by atoms with Crippen LogP contribution in [0.2, 0.25) is 0 Å². The first-order valence-electron chi connectivity index (χ1n) is 5.12. The first kappa shape index (κ1) is 11.6. The van der Waals surface area contributed by atoms with E-state index in [-0.39, 0.29) is 0 Å². The van der Waals surface area contributed by atoms with Crippen LogP contribution in [0.15, 0.2) is 60.7 Å². The minimum absolute atomic E-state index is 1.23. The van der Waals surface area contributed by atoms with Gasteiger partial charge in [0, 0.05) is 7.11 Å². The molecule has 16 heavy (non-hydrogen) atoms. The fraction of sp³-hybridized carbons (Fsp3) is 0.0769. The molecule has 2 aromatic rings.